The number of aryl methyl sites for hydroxylation is 1. The molecule has 0 bridgehead atoms. The van der Waals surface area contributed by atoms with E-state index >= 15 is 0 Å². The number of amides is 1. The lowest BCUT2D eigenvalue weighted by atomic mass is 10.1. The number of rotatable bonds is 5. The van der Waals surface area contributed by atoms with Crippen molar-refractivity contribution in [3.8, 4) is 17.6 Å². The van der Waals surface area contributed by atoms with Crippen molar-refractivity contribution in [2.24, 2.45) is 5.92 Å². The molecule has 1 amide bonds. The Balaban J connectivity index is 1.72. The highest BCUT2D eigenvalue weighted by Crippen LogP contribution is 2.27. The van der Waals surface area contributed by atoms with E-state index in [0.29, 0.717) is 18.7 Å². The molecule has 8 heteroatoms. The van der Waals surface area contributed by atoms with E-state index in [4.69, 9.17) is 4.74 Å². The number of carbonyl (C=O) groups is 1. The van der Waals surface area contributed by atoms with Crippen molar-refractivity contribution in [1.29, 1.82) is 0 Å². The van der Waals surface area contributed by atoms with Gasteiger partial charge in [-0.3, -0.25) is 14.5 Å². The number of carbonyl (C=O) groups excluding carboxylic acids is 1. The molecule has 0 unspecified atom stereocenters. The minimum Gasteiger partial charge on any atom is -0.483 e. The van der Waals surface area contributed by atoms with Crippen molar-refractivity contribution >= 4 is 5.91 Å². The van der Waals surface area contributed by atoms with Crippen LogP contribution in [-0.2, 0) is 4.79 Å². The molecule has 5 nitrogen and oxygen atoms in total. The van der Waals surface area contributed by atoms with E-state index < -0.39 is 18.8 Å². The second-order valence-electron chi connectivity index (χ2n) is 7.59. The lowest BCUT2D eigenvalue weighted by Crippen LogP contribution is -2.42. The number of ether oxygens (including phenoxy) is 1. The van der Waals surface area contributed by atoms with Gasteiger partial charge >= 0.3 is 6.30 Å². The summed E-state index contributed by atoms with van der Waals surface area (Å²) in [6, 6.07) is 10.1. The third-order valence-corrected chi connectivity index (χ3v) is 5.13. The summed E-state index contributed by atoms with van der Waals surface area (Å²) in [5, 5.41) is 0. The Labute approximate surface area is 178 Å². The zero-order valence-electron chi connectivity index (χ0n) is 17.5. The summed E-state index contributed by atoms with van der Waals surface area (Å²) in [6.45, 7) is 2.75. The van der Waals surface area contributed by atoms with Gasteiger partial charge in [0.15, 0.2) is 6.61 Å². The number of nitrogens with zero attached hydrogens (tertiary/aromatic N) is 2. The van der Waals surface area contributed by atoms with Crippen molar-refractivity contribution in [3.05, 3.63) is 63.6 Å². The maximum atomic E-state index is 12.7. The average Bonchev–Trinajstić information content (AvgIpc) is 3.53. The third kappa shape index (κ3) is 5.69. The van der Waals surface area contributed by atoms with Gasteiger partial charge in [0.2, 0.25) is 0 Å². The van der Waals surface area contributed by atoms with Crippen molar-refractivity contribution in [1.82, 2.24) is 9.47 Å². The molecule has 1 aromatic carbocycles. The van der Waals surface area contributed by atoms with Crippen molar-refractivity contribution < 1.29 is 22.7 Å². The SMILES string of the molecule is Cc1cc(OCC(=O)N(C)C(F)(F)F)cc(=O)n1[C@H](C)c1ccc(C#CC2CC2)cc1. The second-order valence-corrected chi connectivity index (χ2v) is 7.59. The molecule has 1 aromatic heterocycles. The normalized spacial score (nSPS) is 14.4. The van der Waals surface area contributed by atoms with Crippen molar-refractivity contribution in [3.63, 3.8) is 0 Å². The Kier molecular flexibility index (Phi) is 6.44. The van der Waals surface area contributed by atoms with Crippen LogP contribution in [0.4, 0.5) is 13.2 Å². The molecule has 1 heterocycles. The van der Waals surface area contributed by atoms with E-state index in [1.54, 1.807) is 11.5 Å². The van der Waals surface area contributed by atoms with Crippen LogP contribution >= 0.6 is 0 Å². The number of likely N-dealkylation sites (N-methyl/N-ethyl adjacent to an activating group) is 1. The van der Waals surface area contributed by atoms with Crippen LogP contribution in [0.3, 0.4) is 0 Å². The predicted octanol–water partition coefficient (Wildman–Crippen LogP) is 3.88. The van der Waals surface area contributed by atoms with Crippen molar-refractivity contribution in [2.75, 3.05) is 13.7 Å². The molecule has 3 rings (SSSR count). The summed E-state index contributed by atoms with van der Waals surface area (Å²) in [6.07, 6.45) is -2.46. The highest BCUT2D eigenvalue weighted by atomic mass is 19.4. The maximum absolute atomic E-state index is 12.7. The molecule has 0 aliphatic heterocycles. The summed E-state index contributed by atoms with van der Waals surface area (Å²) < 4.78 is 44.3. The first-order valence-electron chi connectivity index (χ1n) is 9.87. The van der Waals surface area contributed by atoms with Gasteiger partial charge in [-0.1, -0.05) is 24.0 Å². The molecule has 0 saturated heterocycles. The smallest absolute Gasteiger partial charge is 0.483 e. The molecule has 164 valence electrons. The fourth-order valence-electron chi connectivity index (χ4n) is 3.05. The summed E-state index contributed by atoms with van der Waals surface area (Å²) in [5.41, 5.74) is 2.02. The largest absolute Gasteiger partial charge is 0.486 e. The lowest BCUT2D eigenvalue weighted by molar-refractivity contribution is -0.234. The van der Waals surface area contributed by atoms with E-state index in [1.807, 2.05) is 31.2 Å². The fourth-order valence-corrected chi connectivity index (χ4v) is 3.05. The van der Waals surface area contributed by atoms with Crippen LogP contribution in [0, 0.1) is 24.7 Å². The van der Waals surface area contributed by atoms with Crippen molar-refractivity contribution in [2.45, 2.75) is 39.0 Å². The summed E-state index contributed by atoms with van der Waals surface area (Å²) in [7, 11) is 0.624. The Bertz CT molecular complexity index is 1070. The average molecular weight is 432 g/mol. The molecular weight excluding hydrogens is 409 g/mol. The van der Waals surface area contributed by atoms with Gasteiger partial charge in [0.1, 0.15) is 5.75 Å². The molecule has 1 atom stereocenters. The Hall–Kier alpha value is -3.21. The molecular formula is C23H23F3N2O3. The van der Waals surface area contributed by atoms with Crippen LogP contribution in [-0.4, -0.2) is 35.3 Å². The minimum absolute atomic E-state index is 0.0422. The van der Waals surface area contributed by atoms with Crippen LogP contribution in [0.2, 0.25) is 0 Å². The fraction of sp³-hybridized carbons (Fsp3) is 0.391. The lowest BCUT2D eigenvalue weighted by Gasteiger charge is -2.21. The first kappa shape index (κ1) is 22.5. The molecule has 31 heavy (non-hydrogen) atoms. The van der Waals surface area contributed by atoms with Gasteiger partial charge in [0, 0.05) is 30.3 Å². The Morgan fingerprint density at radius 1 is 1.26 bits per heavy atom. The van der Waals surface area contributed by atoms with Gasteiger partial charge in [0.05, 0.1) is 6.04 Å². The highest BCUT2D eigenvalue weighted by molar-refractivity contribution is 5.77. The molecule has 0 N–H and O–H groups in total. The predicted molar refractivity (Wildman–Crippen MR) is 110 cm³/mol. The summed E-state index contributed by atoms with van der Waals surface area (Å²) in [5.74, 6) is 5.65. The maximum Gasteiger partial charge on any atom is 0.486 e. The zero-order valence-corrected chi connectivity index (χ0v) is 17.5. The quantitative estimate of drug-likeness (QED) is 0.532. The number of hydrogen-bond donors (Lipinski definition) is 0. The first-order chi connectivity index (χ1) is 14.6. The van der Waals surface area contributed by atoms with Crippen LogP contribution in [0.1, 0.15) is 42.6 Å². The topological polar surface area (TPSA) is 51.5 Å². The zero-order chi connectivity index (χ0) is 22.8. The van der Waals surface area contributed by atoms with E-state index in [2.05, 4.69) is 11.8 Å². The molecule has 0 radical (unpaired) electrons. The van der Waals surface area contributed by atoms with E-state index in [9.17, 15) is 22.8 Å². The molecule has 1 fully saturated rings. The number of alkyl halides is 3. The van der Waals surface area contributed by atoms with Gasteiger partial charge in [0.25, 0.3) is 11.5 Å². The molecule has 2 aromatic rings. The molecule has 0 spiro atoms. The van der Waals surface area contributed by atoms with Gasteiger partial charge in [-0.05, 0) is 50.5 Å². The summed E-state index contributed by atoms with van der Waals surface area (Å²) >= 11 is 0. The van der Waals surface area contributed by atoms with Crippen LogP contribution in [0.15, 0.2) is 41.2 Å². The number of pyridine rings is 1. The second kappa shape index (κ2) is 8.88. The number of aromatic nitrogens is 1. The third-order valence-electron chi connectivity index (χ3n) is 5.13. The molecule has 1 saturated carbocycles. The minimum atomic E-state index is -4.78. The molecule has 1 aliphatic carbocycles. The first-order valence-corrected chi connectivity index (χ1v) is 9.87. The number of hydrogen-bond acceptors (Lipinski definition) is 3. The standard InChI is InChI=1S/C23H23F3N2O3/c1-15-12-20(31-14-22(30)27(3)23(24,25)26)13-21(29)28(15)16(2)19-10-8-18(9-11-19)7-6-17-4-5-17/h8-13,16-17H,4-5,14H2,1-3H3/t16-/m1/s1. The van der Waals surface area contributed by atoms with Crippen LogP contribution < -0.4 is 10.3 Å². The van der Waals surface area contributed by atoms with Gasteiger partial charge in [-0.25, -0.2) is 0 Å². The van der Waals surface area contributed by atoms with Gasteiger partial charge < -0.3 is 9.30 Å². The van der Waals surface area contributed by atoms with E-state index in [0.717, 1.165) is 24.0 Å². The highest BCUT2D eigenvalue weighted by Gasteiger charge is 2.37. The number of benzene rings is 1. The van der Waals surface area contributed by atoms with Gasteiger partial charge in [-0.2, -0.15) is 0 Å². The van der Waals surface area contributed by atoms with Crippen LogP contribution in [0.25, 0.3) is 0 Å². The molecule has 1 aliphatic rings. The Morgan fingerprint density at radius 2 is 1.90 bits per heavy atom. The van der Waals surface area contributed by atoms with Crippen LogP contribution in [0.5, 0.6) is 5.75 Å². The summed E-state index contributed by atoms with van der Waals surface area (Å²) in [4.78, 5) is 23.9. The monoisotopic (exact) mass is 432 g/mol. The van der Waals surface area contributed by atoms with E-state index in [1.165, 1.54) is 12.1 Å². The number of halogens is 3. The van der Waals surface area contributed by atoms with E-state index in [-0.39, 0.29) is 22.3 Å². The van der Waals surface area contributed by atoms with Gasteiger partial charge in [-0.15, -0.1) is 13.2 Å². The Morgan fingerprint density at radius 3 is 2.45 bits per heavy atom.